The van der Waals surface area contributed by atoms with E-state index in [0.29, 0.717) is 6.42 Å². The summed E-state index contributed by atoms with van der Waals surface area (Å²) in [6.07, 6.45) is 2.26. The normalized spacial score (nSPS) is 9.81. The van der Waals surface area contributed by atoms with Crippen LogP contribution in [0.4, 0.5) is 0 Å². The van der Waals surface area contributed by atoms with Crippen molar-refractivity contribution in [3.05, 3.63) is 53.7 Å². The van der Waals surface area contributed by atoms with Gasteiger partial charge in [0.25, 0.3) is 0 Å². The van der Waals surface area contributed by atoms with Crippen LogP contribution in [-0.2, 0) is 5.75 Å². The minimum absolute atomic E-state index is 0.0739. The molecule has 0 aliphatic heterocycles. The topological polar surface area (TPSA) is 42.4 Å². The van der Waals surface area contributed by atoms with Crippen LogP contribution in [0.3, 0.4) is 0 Å². The molecule has 21 heavy (non-hydrogen) atoms. The summed E-state index contributed by atoms with van der Waals surface area (Å²) >= 11 is 1.68. The molecule has 2 rings (SSSR count). The van der Waals surface area contributed by atoms with Gasteiger partial charge in [0.15, 0.2) is 0 Å². The molecule has 0 fully saturated rings. The third-order valence-electron chi connectivity index (χ3n) is 2.75. The van der Waals surface area contributed by atoms with Crippen molar-refractivity contribution in [1.29, 1.82) is 0 Å². The lowest BCUT2D eigenvalue weighted by molar-refractivity contribution is 0.305. The summed E-state index contributed by atoms with van der Waals surface area (Å²) in [5.41, 5.74) is 2.02. The van der Waals surface area contributed by atoms with E-state index >= 15 is 0 Å². The second-order valence-corrected chi connectivity index (χ2v) is 5.26. The van der Waals surface area contributed by atoms with Gasteiger partial charge in [-0.2, -0.15) is 0 Å². The molecule has 1 aromatic carbocycles. The summed E-state index contributed by atoms with van der Waals surface area (Å²) in [4.78, 5) is 4.29. The van der Waals surface area contributed by atoms with Crippen molar-refractivity contribution >= 4 is 11.8 Å². The largest absolute Gasteiger partial charge is 0.495 e. The Hall–Kier alpha value is -1.96. The van der Waals surface area contributed by atoms with Gasteiger partial charge < -0.3 is 9.84 Å². The Morgan fingerprint density at radius 2 is 2.19 bits per heavy atom. The summed E-state index contributed by atoms with van der Waals surface area (Å²) in [6.45, 7) is 0.0739. The van der Waals surface area contributed by atoms with Gasteiger partial charge in [0.2, 0.25) is 0 Å². The molecule has 0 saturated carbocycles. The molecular weight excluding hydrogens is 282 g/mol. The average molecular weight is 299 g/mol. The lowest BCUT2D eigenvalue weighted by Gasteiger charge is -2.06. The Balaban J connectivity index is 2.10. The smallest absolute Gasteiger partial charge is 0.134 e. The molecule has 2 aromatic rings. The molecule has 0 spiro atoms. The number of aliphatic hydroxyl groups excluding tert-OH is 1. The van der Waals surface area contributed by atoms with E-state index in [2.05, 4.69) is 16.8 Å². The molecule has 3 nitrogen and oxygen atoms in total. The minimum Gasteiger partial charge on any atom is -0.495 e. The van der Waals surface area contributed by atoms with E-state index < -0.39 is 0 Å². The van der Waals surface area contributed by atoms with Gasteiger partial charge >= 0.3 is 0 Å². The van der Waals surface area contributed by atoms with Gasteiger partial charge in [0.1, 0.15) is 5.75 Å². The maximum atomic E-state index is 8.79. The zero-order valence-electron chi connectivity index (χ0n) is 11.9. The van der Waals surface area contributed by atoms with Crippen LogP contribution < -0.4 is 4.74 Å². The summed E-state index contributed by atoms with van der Waals surface area (Å²) < 4.78 is 5.31. The van der Waals surface area contributed by atoms with E-state index in [1.165, 1.54) is 5.56 Å². The van der Waals surface area contributed by atoms with Crippen molar-refractivity contribution in [2.75, 3.05) is 13.7 Å². The summed E-state index contributed by atoms with van der Waals surface area (Å²) in [5.74, 6) is 7.56. The standard InChI is InChI=1S/C17H17NO2S/c1-20-16-9-8-14(12-15(16)6-3-5-11-19)13-21-17-7-2-4-10-18-17/h2,4,7-10,12,19H,5,11,13H2,1H3. The SMILES string of the molecule is COc1ccc(CSc2ccccn2)cc1C#CCCO. The number of rotatable bonds is 5. The first-order valence-corrected chi connectivity index (χ1v) is 7.62. The fraction of sp³-hybridized carbons (Fsp3) is 0.235. The second kappa shape index (κ2) is 8.35. The summed E-state index contributed by atoms with van der Waals surface area (Å²) in [6, 6.07) is 11.9. The number of methoxy groups -OCH3 is 1. The Morgan fingerprint density at radius 3 is 2.90 bits per heavy atom. The van der Waals surface area contributed by atoms with Gasteiger partial charge in [-0.3, -0.25) is 0 Å². The fourth-order valence-corrected chi connectivity index (χ4v) is 2.55. The third kappa shape index (κ3) is 4.82. The molecule has 0 aliphatic carbocycles. The lowest BCUT2D eigenvalue weighted by atomic mass is 10.1. The Labute approximate surface area is 129 Å². The molecular formula is C17H17NO2S. The number of aromatic nitrogens is 1. The first-order chi connectivity index (χ1) is 10.3. The van der Waals surface area contributed by atoms with Crippen LogP contribution in [0, 0.1) is 11.8 Å². The second-order valence-electron chi connectivity index (χ2n) is 4.27. The predicted octanol–water partition coefficient (Wildman–Crippen LogP) is 3.12. The van der Waals surface area contributed by atoms with Crippen molar-refractivity contribution in [3.63, 3.8) is 0 Å². The minimum atomic E-state index is 0.0739. The van der Waals surface area contributed by atoms with Crippen LogP contribution in [0.15, 0.2) is 47.6 Å². The predicted molar refractivity (Wildman–Crippen MR) is 85.4 cm³/mol. The number of nitrogens with zero attached hydrogens (tertiary/aromatic N) is 1. The van der Waals surface area contributed by atoms with Crippen molar-refractivity contribution in [1.82, 2.24) is 4.98 Å². The first-order valence-electron chi connectivity index (χ1n) is 6.64. The number of aliphatic hydroxyl groups is 1. The number of thioether (sulfide) groups is 1. The first kappa shape index (κ1) is 15.4. The molecule has 1 aromatic heterocycles. The van der Waals surface area contributed by atoms with Crippen molar-refractivity contribution < 1.29 is 9.84 Å². The highest BCUT2D eigenvalue weighted by atomic mass is 32.2. The molecule has 4 heteroatoms. The highest BCUT2D eigenvalue weighted by Crippen LogP contribution is 2.24. The Kier molecular flexibility index (Phi) is 6.14. The van der Waals surface area contributed by atoms with Crippen LogP contribution in [0.1, 0.15) is 17.5 Å². The van der Waals surface area contributed by atoms with Gasteiger partial charge in [0, 0.05) is 18.4 Å². The summed E-state index contributed by atoms with van der Waals surface area (Å²) in [7, 11) is 1.63. The number of pyridine rings is 1. The number of benzene rings is 1. The molecule has 0 bridgehead atoms. The molecule has 0 atom stereocenters. The molecule has 1 N–H and O–H groups in total. The van der Waals surface area contributed by atoms with Gasteiger partial charge in [-0.25, -0.2) is 4.98 Å². The van der Waals surface area contributed by atoms with Crippen molar-refractivity contribution in [2.45, 2.75) is 17.2 Å². The Morgan fingerprint density at radius 1 is 1.29 bits per heavy atom. The molecule has 1 heterocycles. The van der Waals surface area contributed by atoms with E-state index in [-0.39, 0.29) is 6.61 Å². The highest BCUT2D eigenvalue weighted by Gasteiger charge is 2.03. The van der Waals surface area contributed by atoms with Gasteiger partial charge in [0.05, 0.1) is 24.3 Å². The highest BCUT2D eigenvalue weighted by molar-refractivity contribution is 7.98. The summed E-state index contributed by atoms with van der Waals surface area (Å²) in [5, 5.41) is 9.79. The maximum Gasteiger partial charge on any atom is 0.134 e. The zero-order valence-corrected chi connectivity index (χ0v) is 12.7. The van der Waals surface area contributed by atoms with E-state index in [1.54, 1.807) is 25.1 Å². The van der Waals surface area contributed by atoms with E-state index in [0.717, 1.165) is 22.1 Å². The van der Waals surface area contributed by atoms with Gasteiger partial charge in [-0.1, -0.05) is 24.0 Å². The Bertz CT molecular complexity index is 632. The van der Waals surface area contributed by atoms with E-state index in [9.17, 15) is 0 Å². The van der Waals surface area contributed by atoms with E-state index in [4.69, 9.17) is 9.84 Å². The monoisotopic (exact) mass is 299 g/mol. The zero-order chi connectivity index (χ0) is 14.9. The number of hydrogen-bond donors (Lipinski definition) is 1. The molecule has 0 amide bonds. The van der Waals surface area contributed by atoms with Crippen LogP contribution in [-0.4, -0.2) is 23.8 Å². The molecule has 0 radical (unpaired) electrons. The van der Waals surface area contributed by atoms with Crippen molar-refractivity contribution in [3.8, 4) is 17.6 Å². The van der Waals surface area contributed by atoms with Crippen LogP contribution >= 0.6 is 11.8 Å². The number of ether oxygens (including phenoxy) is 1. The molecule has 0 saturated heterocycles. The van der Waals surface area contributed by atoms with Crippen molar-refractivity contribution in [2.24, 2.45) is 0 Å². The lowest BCUT2D eigenvalue weighted by Crippen LogP contribution is -1.91. The third-order valence-corrected chi connectivity index (χ3v) is 3.76. The molecule has 0 aliphatic rings. The van der Waals surface area contributed by atoms with E-state index in [1.807, 2.05) is 36.4 Å². The fourth-order valence-electron chi connectivity index (χ4n) is 1.75. The molecule has 0 unspecified atom stereocenters. The number of hydrogen-bond acceptors (Lipinski definition) is 4. The maximum absolute atomic E-state index is 8.79. The molecule has 108 valence electrons. The van der Waals surface area contributed by atoms with Gasteiger partial charge in [-0.15, -0.1) is 11.8 Å². The quantitative estimate of drug-likeness (QED) is 0.680. The van der Waals surface area contributed by atoms with Gasteiger partial charge in [-0.05, 0) is 29.8 Å². The van der Waals surface area contributed by atoms with Crippen LogP contribution in [0.2, 0.25) is 0 Å². The van der Waals surface area contributed by atoms with Crippen LogP contribution in [0.25, 0.3) is 0 Å². The average Bonchev–Trinajstić information content (AvgIpc) is 2.54. The van der Waals surface area contributed by atoms with Crippen LogP contribution in [0.5, 0.6) is 5.75 Å².